The van der Waals surface area contributed by atoms with Crippen LogP contribution in [0.3, 0.4) is 0 Å². The van der Waals surface area contributed by atoms with Gasteiger partial charge in [0.15, 0.2) is 0 Å². The van der Waals surface area contributed by atoms with Crippen LogP contribution in [-0.4, -0.2) is 16.9 Å². The van der Waals surface area contributed by atoms with Crippen LogP contribution in [0.25, 0.3) is 11.1 Å². The van der Waals surface area contributed by atoms with Crippen molar-refractivity contribution in [2.75, 3.05) is 0 Å². The number of nitrogens with one attached hydrogen (secondary N) is 1. The maximum absolute atomic E-state index is 14.4. The van der Waals surface area contributed by atoms with Crippen LogP contribution < -0.4 is 5.32 Å². The Morgan fingerprint density at radius 3 is 2.45 bits per heavy atom. The smallest absolute Gasteiger partial charge is 0.232 e. The Morgan fingerprint density at radius 2 is 1.86 bits per heavy atom. The fourth-order valence-electron chi connectivity index (χ4n) is 2.81. The number of rotatable bonds is 4. The van der Waals surface area contributed by atoms with Crippen molar-refractivity contribution in [3.05, 3.63) is 54.1 Å². The summed E-state index contributed by atoms with van der Waals surface area (Å²) in [6.07, 6.45) is 3.61. The van der Waals surface area contributed by atoms with Crippen LogP contribution >= 0.6 is 0 Å². The van der Waals surface area contributed by atoms with Gasteiger partial charge in [-0.25, -0.2) is 4.98 Å². The molecule has 0 radical (unpaired) electrons. The number of hydrogen-bond acceptors (Lipinski definition) is 2. The second-order valence-corrected chi connectivity index (χ2v) is 6.23. The molecule has 0 aliphatic heterocycles. The number of benzene rings is 1. The third-order valence-electron chi connectivity index (χ3n) is 4.52. The van der Waals surface area contributed by atoms with Crippen LogP contribution in [0.4, 0.5) is 4.39 Å². The van der Waals surface area contributed by atoms with Crippen LogP contribution in [0.5, 0.6) is 0 Å². The summed E-state index contributed by atoms with van der Waals surface area (Å²) in [6, 6.07) is 13.2. The second kappa shape index (κ2) is 4.90. The Hall–Kier alpha value is -2.23. The quantitative estimate of drug-likeness (QED) is 0.880. The van der Waals surface area contributed by atoms with Gasteiger partial charge in [0.25, 0.3) is 0 Å². The molecule has 0 bridgehead atoms. The maximum Gasteiger partial charge on any atom is 0.232 e. The Bertz CT molecular complexity index is 721. The van der Waals surface area contributed by atoms with E-state index >= 15 is 0 Å². The van der Waals surface area contributed by atoms with Gasteiger partial charge in [-0.1, -0.05) is 30.3 Å². The van der Waals surface area contributed by atoms with Gasteiger partial charge in [0.05, 0.1) is 11.1 Å². The van der Waals surface area contributed by atoms with Gasteiger partial charge < -0.3 is 5.32 Å². The molecule has 0 atom stereocenters. The molecule has 2 fully saturated rings. The zero-order valence-electron chi connectivity index (χ0n) is 12.2. The first-order chi connectivity index (χ1) is 10.7. The van der Waals surface area contributed by atoms with Crippen molar-refractivity contribution in [2.24, 2.45) is 0 Å². The lowest BCUT2D eigenvalue weighted by atomic mass is 9.98. The molecular formula is C18H17FN2O. The van der Waals surface area contributed by atoms with Gasteiger partial charge in [0, 0.05) is 11.6 Å². The number of halogens is 1. The van der Waals surface area contributed by atoms with Gasteiger partial charge in [0.1, 0.15) is 0 Å². The molecule has 22 heavy (non-hydrogen) atoms. The van der Waals surface area contributed by atoms with Gasteiger partial charge in [-0.05, 0) is 43.4 Å². The molecule has 2 aliphatic carbocycles. The minimum atomic E-state index is -0.599. The lowest BCUT2D eigenvalue weighted by Gasteiger charge is -2.15. The van der Waals surface area contributed by atoms with E-state index in [2.05, 4.69) is 10.3 Å². The molecule has 1 amide bonds. The Labute approximate surface area is 128 Å². The number of nitrogens with zero attached hydrogens (tertiary/aromatic N) is 1. The normalized spacial score (nSPS) is 18.8. The van der Waals surface area contributed by atoms with Crippen molar-refractivity contribution >= 4 is 5.91 Å². The molecule has 1 aromatic carbocycles. The van der Waals surface area contributed by atoms with Gasteiger partial charge in [-0.3, -0.25) is 4.79 Å². The van der Waals surface area contributed by atoms with Crippen LogP contribution in [0.2, 0.25) is 0 Å². The lowest BCUT2D eigenvalue weighted by molar-refractivity contribution is -0.123. The first kappa shape index (κ1) is 13.4. The minimum Gasteiger partial charge on any atom is -0.353 e. The van der Waals surface area contributed by atoms with E-state index in [1.54, 1.807) is 12.1 Å². The first-order valence-electron chi connectivity index (χ1n) is 7.72. The fraction of sp³-hybridized carbons (Fsp3) is 0.333. The third kappa shape index (κ3) is 2.28. The van der Waals surface area contributed by atoms with Crippen molar-refractivity contribution in [1.29, 1.82) is 0 Å². The average Bonchev–Trinajstić information content (AvgIpc) is 3.42. The zero-order chi connectivity index (χ0) is 15.2. The zero-order valence-corrected chi connectivity index (χ0v) is 12.2. The van der Waals surface area contributed by atoms with Gasteiger partial charge >= 0.3 is 0 Å². The Kier molecular flexibility index (Phi) is 2.99. The molecule has 0 saturated heterocycles. The molecule has 1 N–H and O–H groups in total. The van der Waals surface area contributed by atoms with Crippen molar-refractivity contribution in [2.45, 2.75) is 37.1 Å². The average molecular weight is 296 g/mol. The highest BCUT2D eigenvalue weighted by Gasteiger charge is 2.53. The SMILES string of the molecule is O=C(NC1CC1)C1(c2ccc(-c3ccccc3)c(F)n2)CC1. The van der Waals surface area contributed by atoms with Crippen LogP contribution in [-0.2, 0) is 10.2 Å². The van der Waals surface area contributed by atoms with Crippen LogP contribution in [0, 0.1) is 5.95 Å². The van der Waals surface area contributed by atoms with E-state index in [0.717, 1.165) is 31.2 Å². The van der Waals surface area contributed by atoms with E-state index in [-0.39, 0.29) is 5.91 Å². The van der Waals surface area contributed by atoms with Crippen LogP contribution in [0.1, 0.15) is 31.4 Å². The van der Waals surface area contributed by atoms with Crippen molar-refractivity contribution in [3.8, 4) is 11.1 Å². The summed E-state index contributed by atoms with van der Waals surface area (Å²) in [7, 11) is 0. The van der Waals surface area contributed by atoms with Gasteiger partial charge in [-0.15, -0.1) is 0 Å². The topological polar surface area (TPSA) is 42.0 Å². The molecule has 4 heteroatoms. The summed E-state index contributed by atoms with van der Waals surface area (Å²) in [4.78, 5) is 16.5. The summed E-state index contributed by atoms with van der Waals surface area (Å²) < 4.78 is 14.4. The van der Waals surface area contributed by atoms with E-state index in [0.29, 0.717) is 17.3 Å². The molecular weight excluding hydrogens is 279 g/mol. The summed E-state index contributed by atoms with van der Waals surface area (Å²) in [5, 5.41) is 3.02. The number of aromatic nitrogens is 1. The number of carbonyl (C=O) groups excluding carboxylic acids is 1. The Morgan fingerprint density at radius 1 is 1.14 bits per heavy atom. The van der Waals surface area contributed by atoms with Crippen LogP contribution in [0.15, 0.2) is 42.5 Å². The van der Waals surface area contributed by atoms with E-state index in [4.69, 9.17) is 0 Å². The monoisotopic (exact) mass is 296 g/mol. The molecule has 0 spiro atoms. The van der Waals surface area contributed by atoms with E-state index in [1.807, 2.05) is 30.3 Å². The highest BCUT2D eigenvalue weighted by Crippen LogP contribution is 2.48. The summed E-state index contributed by atoms with van der Waals surface area (Å²) in [5.74, 6) is -0.497. The number of amides is 1. The first-order valence-corrected chi connectivity index (χ1v) is 7.72. The molecule has 0 unspecified atom stereocenters. The van der Waals surface area contributed by atoms with E-state index in [1.165, 1.54) is 0 Å². The molecule has 1 heterocycles. The predicted molar refractivity (Wildman–Crippen MR) is 81.7 cm³/mol. The molecule has 2 aliphatic rings. The number of pyridine rings is 1. The predicted octanol–water partition coefficient (Wildman–Crippen LogP) is 3.20. The van der Waals surface area contributed by atoms with E-state index < -0.39 is 11.4 Å². The van der Waals surface area contributed by atoms with Gasteiger partial charge in [0.2, 0.25) is 11.9 Å². The molecule has 3 nitrogen and oxygen atoms in total. The highest BCUT2D eigenvalue weighted by molar-refractivity contribution is 5.91. The maximum atomic E-state index is 14.4. The van der Waals surface area contributed by atoms with Crippen molar-refractivity contribution < 1.29 is 9.18 Å². The number of hydrogen-bond donors (Lipinski definition) is 1. The largest absolute Gasteiger partial charge is 0.353 e. The second-order valence-electron chi connectivity index (χ2n) is 6.23. The minimum absolute atomic E-state index is 0.00867. The molecule has 4 rings (SSSR count). The summed E-state index contributed by atoms with van der Waals surface area (Å²) in [6.45, 7) is 0. The molecule has 2 saturated carbocycles. The molecule has 112 valence electrons. The third-order valence-corrected chi connectivity index (χ3v) is 4.52. The number of carbonyl (C=O) groups is 1. The molecule has 2 aromatic rings. The fourth-order valence-corrected chi connectivity index (χ4v) is 2.81. The Balaban J connectivity index is 1.63. The summed E-state index contributed by atoms with van der Waals surface area (Å²) >= 11 is 0. The highest BCUT2D eigenvalue weighted by atomic mass is 19.1. The van der Waals surface area contributed by atoms with E-state index in [9.17, 15) is 9.18 Å². The molecule has 1 aromatic heterocycles. The van der Waals surface area contributed by atoms with Crippen molar-refractivity contribution in [1.82, 2.24) is 10.3 Å². The lowest BCUT2D eigenvalue weighted by Crippen LogP contribution is -2.36. The van der Waals surface area contributed by atoms with Crippen molar-refractivity contribution in [3.63, 3.8) is 0 Å². The van der Waals surface area contributed by atoms with Gasteiger partial charge in [-0.2, -0.15) is 4.39 Å². The standard InChI is InChI=1S/C18H17FN2O/c19-16-14(12-4-2-1-3-5-12)8-9-15(21-16)18(10-11-18)17(22)20-13-6-7-13/h1-5,8-9,13H,6-7,10-11H2,(H,20,22). The summed E-state index contributed by atoms with van der Waals surface area (Å²) in [5.41, 5.74) is 1.23.